The van der Waals surface area contributed by atoms with Crippen molar-refractivity contribution in [3.8, 4) is 0 Å². The first kappa shape index (κ1) is 15.5. The zero-order chi connectivity index (χ0) is 15.8. The van der Waals surface area contributed by atoms with Crippen LogP contribution in [-0.2, 0) is 16.0 Å². The van der Waals surface area contributed by atoms with Gasteiger partial charge in [-0.05, 0) is 29.3 Å². The molecule has 0 aromatic heterocycles. The van der Waals surface area contributed by atoms with E-state index >= 15 is 0 Å². The van der Waals surface area contributed by atoms with Crippen LogP contribution >= 0.6 is 0 Å². The van der Waals surface area contributed by atoms with Gasteiger partial charge in [0.2, 0.25) is 11.8 Å². The standard InChI is InChI=1S/C18H18N2O2/c1-19-18(22)13-15-7-10-16(11-8-15)20-17(21)12-9-14-5-3-2-4-6-14/h2-12H,13H2,1H3,(H,19,22)(H,20,21). The molecular weight excluding hydrogens is 276 g/mol. The molecule has 0 aliphatic rings. The van der Waals surface area contributed by atoms with Crippen molar-refractivity contribution in [3.63, 3.8) is 0 Å². The van der Waals surface area contributed by atoms with Crippen LogP contribution in [0, 0.1) is 0 Å². The normalized spacial score (nSPS) is 10.4. The summed E-state index contributed by atoms with van der Waals surface area (Å²) in [5, 5.41) is 5.36. The molecule has 22 heavy (non-hydrogen) atoms. The predicted octanol–water partition coefficient (Wildman–Crippen LogP) is 2.63. The molecule has 2 aromatic carbocycles. The molecule has 0 fully saturated rings. The molecule has 0 aliphatic heterocycles. The maximum absolute atomic E-state index is 11.8. The van der Waals surface area contributed by atoms with Crippen LogP contribution in [0.2, 0.25) is 0 Å². The number of nitrogens with one attached hydrogen (secondary N) is 2. The largest absolute Gasteiger partial charge is 0.359 e. The number of benzene rings is 2. The minimum Gasteiger partial charge on any atom is -0.359 e. The molecule has 4 nitrogen and oxygen atoms in total. The van der Waals surface area contributed by atoms with Crippen molar-refractivity contribution in [2.45, 2.75) is 6.42 Å². The van der Waals surface area contributed by atoms with Gasteiger partial charge in [0.1, 0.15) is 0 Å². The fourth-order valence-electron chi connectivity index (χ4n) is 1.90. The van der Waals surface area contributed by atoms with Crippen molar-refractivity contribution < 1.29 is 9.59 Å². The Hall–Kier alpha value is -2.88. The lowest BCUT2D eigenvalue weighted by atomic mass is 10.1. The fourth-order valence-corrected chi connectivity index (χ4v) is 1.90. The van der Waals surface area contributed by atoms with E-state index in [2.05, 4.69) is 10.6 Å². The number of carbonyl (C=O) groups excluding carboxylic acids is 2. The number of hydrogen-bond acceptors (Lipinski definition) is 2. The van der Waals surface area contributed by atoms with Crippen molar-refractivity contribution in [2.75, 3.05) is 12.4 Å². The SMILES string of the molecule is CNC(=O)Cc1ccc(NC(=O)C=Cc2ccccc2)cc1. The fraction of sp³-hybridized carbons (Fsp3) is 0.111. The van der Waals surface area contributed by atoms with Crippen molar-refractivity contribution in [2.24, 2.45) is 0 Å². The number of anilines is 1. The first-order chi connectivity index (χ1) is 10.7. The summed E-state index contributed by atoms with van der Waals surface area (Å²) >= 11 is 0. The lowest BCUT2D eigenvalue weighted by molar-refractivity contribution is -0.120. The van der Waals surface area contributed by atoms with Crippen molar-refractivity contribution >= 4 is 23.6 Å². The predicted molar refractivity (Wildman–Crippen MR) is 88.3 cm³/mol. The molecule has 0 unspecified atom stereocenters. The Bertz CT molecular complexity index is 661. The van der Waals surface area contributed by atoms with Gasteiger partial charge in [-0.1, -0.05) is 42.5 Å². The van der Waals surface area contributed by atoms with Crippen LogP contribution in [0.15, 0.2) is 60.7 Å². The molecule has 0 atom stereocenters. The maximum Gasteiger partial charge on any atom is 0.248 e. The van der Waals surface area contributed by atoms with E-state index in [1.807, 2.05) is 42.5 Å². The summed E-state index contributed by atoms with van der Waals surface area (Å²) in [5.74, 6) is -0.231. The van der Waals surface area contributed by atoms with E-state index in [0.717, 1.165) is 11.1 Å². The average molecular weight is 294 g/mol. The van der Waals surface area contributed by atoms with E-state index < -0.39 is 0 Å². The minimum atomic E-state index is -0.192. The van der Waals surface area contributed by atoms with Crippen molar-refractivity contribution in [1.82, 2.24) is 5.32 Å². The molecular formula is C18H18N2O2. The summed E-state index contributed by atoms with van der Waals surface area (Å²) < 4.78 is 0. The summed E-state index contributed by atoms with van der Waals surface area (Å²) in [6.45, 7) is 0. The molecule has 0 spiro atoms. The van der Waals surface area contributed by atoms with Gasteiger partial charge in [-0.2, -0.15) is 0 Å². The van der Waals surface area contributed by atoms with Crippen LogP contribution in [0.1, 0.15) is 11.1 Å². The van der Waals surface area contributed by atoms with Gasteiger partial charge in [-0.3, -0.25) is 9.59 Å². The van der Waals surface area contributed by atoms with Crippen LogP contribution in [-0.4, -0.2) is 18.9 Å². The summed E-state index contributed by atoms with van der Waals surface area (Å²) in [6.07, 6.45) is 3.59. The Balaban J connectivity index is 1.91. The molecule has 0 saturated heterocycles. The zero-order valence-corrected chi connectivity index (χ0v) is 12.4. The summed E-state index contributed by atoms with van der Waals surface area (Å²) in [7, 11) is 1.61. The van der Waals surface area contributed by atoms with Gasteiger partial charge in [0.15, 0.2) is 0 Å². The monoisotopic (exact) mass is 294 g/mol. The first-order valence-corrected chi connectivity index (χ1v) is 7.01. The van der Waals surface area contributed by atoms with Gasteiger partial charge in [-0.25, -0.2) is 0 Å². The molecule has 2 amide bonds. The smallest absolute Gasteiger partial charge is 0.248 e. The number of hydrogen-bond donors (Lipinski definition) is 2. The van der Waals surface area contributed by atoms with Crippen LogP contribution in [0.3, 0.4) is 0 Å². The van der Waals surface area contributed by atoms with Gasteiger partial charge >= 0.3 is 0 Å². The van der Waals surface area contributed by atoms with Crippen LogP contribution < -0.4 is 10.6 Å². The number of likely N-dealkylation sites (N-methyl/N-ethyl adjacent to an activating group) is 1. The Morgan fingerprint density at radius 3 is 2.32 bits per heavy atom. The molecule has 0 bridgehead atoms. The first-order valence-electron chi connectivity index (χ1n) is 7.01. The molecule has 0 radical (unpaired) electrons. The van der Waals surface area contributed by atoms with Crippen LogP contribution in [0.5, 0.6) is 0 Å². The highest BCUT2D eigenvalue weighted by Gasteiger charge is 2.02. The number of rotatable bonds is 5. The van der Waals surface area contributed by atoms with E-state index in [-0.39, 0.29) is 11.8 Å². The maximum atomic E-state index is 11.8. The molecule has 112 valence electrons. The number of amides is 2. The summed E-state index contributed by atoms with van der Waals surface area (Å²) in [5.41, 5.74) is 2.57. The second kappa shape index (κ2) is 7.78. The highest BCUT2D eigenvalue weighted by Crippen LogP contribution is 2.10. The molecule has 4 heteroatoms. The highest BCUT2D eigenvalue weighted by atomic mass is 16.2. The molecule has 2 N–H and O–H groups in total. The molecule has 2 rings (SSSR count). The van der Waals surface area contributed by atoms with Gasteiger partial charge < -0.3 is 10.6 Å². The van der Waals surface area contributed by atoms with Gasteiger partial charge in [0.25, 0.3) is 0 Å². The molecule has 2 aromatic rings. The number of carbonyl (C=O) groups is 2. The second-order valence-electron chi connectivity index (χ2n) is 4.78. The zero-order valence-electron chi connectivity index (χ0n) is 12.4. The van der Waals surface area contributed by atoms with E-state index in [9.17, 15) is 9.59 Å². The van der Waals surface area contributed by atoms with E-state index in [0.29, 0.717) is 12.1 Å². The Labute approximate surface area is 129 Å². The van der Waals surface area contributed by atoms with E-state index in [4.69, 9.17) is 0 Å². The lowest BCUT2D eigenvalue weighted by Crippen LogP contribution is -2.19. The third-order valence-corrected chi connectivity index (χ3v) is 3.09. The summed E-state index contributed by atoms with van der Waals surface area (Å²) in [4.78, 5) is 23.1. The minimum absolute atomic E-state index is 0.0393. The van der Waals surface area contributed by atoms with E-state index in [1.165, 1.54) is 6.08 Å². The summed E-state index contributed by atoms with van der Waals surface area (Å²) in [6, 6.07) is 16.8. The van der Waals surface area contributed by atoms with Gasteiger partial charge in [0.05, 0.1) is 6.42 Å². The van der Waals surface area contributed by atoms with Crippen LogP contribution in [0.25, 0.3) is 6.08 Å². The molecule has 0 aliphatic carbocycles. The lowest BCUT2D eigenvalue weighted by Gasteiger charge is -2.04. The second-order valence-corrected chi connectivity index (χ2v) is 4.78. The Kier molecular flexibility index (Phi) is 5.49. The Morgan fingerprint density at radius 1 is 1.00 bits per heavy atom. The average Bonchev–Trinajstić information content (AvgIpc) is 2.55. The topological polar surface area (TPSA) is 58.2 Å². The van der Waals surface area contributed by atoms with E-state index in [1.54, 1.807) is 25.3 Å². The molecule has 0 saturated carbocycles. The van der Waals surface area contributed by atoms with Gasteiger partial charge in [-0.15, -0.1) is 0 Å². The van der Waals surface area contributed by atoms with Gasteiger partial charge in [0, 0.05) is 18.8 Å². The van der Waals surface area contributed by atoms with Crippen LogP contribution in [0.4, 0.5) is 5.69 Å². The van der Waals surface area contributed by atoms with Crippen molar-refractivity contribution in [3.05, 3.63) is 71.8 Å². The highest BCUT2D eigenvalue weighted by molar-refractivity contribution is 6.01. The quantitative estimate of drug-likeness (QED) is 0.833. The molecule has 0 heterocycles. The van der Waals surface area contributed by atoms with Crippen molar-refractivity contribution in [1.29, 1.82) is 0 Å². The Morgan fingerprint density at radius 2 is 1.68 bits per heavy atom. The third-order valence-electron chi connectivity index (χ3n) is 3.09. The third kappa shape index (κ3) is 4.90.